The molecule has 0 radical (unpaired) electrons. The highest BCUT2D eigenvalue weighted by molar-refractivity contribution is 5.93. The SMILES string of the molecule is O=C(CCOc1ccccc1)N1CC=C(c2c[nH]c3ccccc23)CC1. The summed E-state index contributed by atoms with van der Waals surface area (Å²) in [5.74, 6) is 0.954. The average molecular weight is 346 g/mol. The van der Waals surface area contributed by atoms with E-state index in [1.165, 1.54) is 16.5 Å². The third-order valence-electron chi connectivity index (χ3n) is 4.82. The van der Waals surface area contributed by atoms with Crippen molar-refractivity contribution in [2.24, 2.45) is 0 Å². The Balaban J connectivity index is 1.34. The minimum absolute atomic E-state index is 0.148. The van der Waals surface area contributed by atoms with E-state index in [-0.39, 0.29) is 5.91 Å². The van der Waals surface area contributed by atoms with Crippen molar-refractivity contribution in [1.29, 1.82) is 0 Å². The molecule has 4 heteroatoms. The van der Waals surface area contributed by atoms with Gasteiger partial charge in [0.2, 0.25) is 5.91 Å². The van der Waals surface area contributed by atoms with E-state index in [1.807, 2.05) is 41.3 Å². The Labute approximate surface area is 153 Å². The number of ether oxygens (including phenoxy) is 1. The van der Waals surface area contributed by atoms with Gasteiger partial charge in [0.15, 0.2) is 0 Å². The Morgan fingerprint density at radius 2 is 1.88 bits per heavy atom. The molecule has 0 fully saturated rings. The number of para-hydroxylation sites is 2. The van der Waals surface area contributed by atoms with Crippen LogP contribution in [0.15, 0.2) is 66.9 Å². The molecule has 4 nitrogen and oxygen atoms in total. The van der Waals surface area contributed by atoms with E-state index in [2.05, 4.69) is 35.5 Å². The Morgan fingerprint density at radius 3 is 2.69 bits per heavy atom. The highest BCUT2D eigenvalue weighted by atomic mass is 16.5. The van der Waals surface area contributed by atoms with E-state index < -0.39 is 0 Å². The van der Waals surface area contributed by atoms with Gasteiger partial charge < -0.3 is 14.6 Å². The quantitative estimate of drug-likeness (QED) is 0.750. The zero-order chi connectivity index (χ0) is 17.8. The van der Waals surface area contributed by atoms with E-state index >= 15 is 0 Å². The van der Waals surface area contributed by atoms with Crippen LogP contribution in [0.3, 0.4) is 0 Å². The second-order valence-corrected chi connectivity index (χ2v) is 6.48. The van der Waals surface area contributed by atoms with Crippen LogP contribution >= 0.6 is 0 Å². The third kappa shape index (κ3) is 3.49. The number of rotatable bonds is 5. The lowest BCUT2D eigenvalue weighted by atomic mass is 9.99. The number of hydrogen-bond acceptors (Lipinski definition) is 2. The molecule has 0 atom stereocenters. The van der Waals surface area contributed by atoms with Gasteiger partial charge in [-0.2, -0.15) is 0 Å². The molecule has 1 aliphatic rings. The molecule has 0 bridgehead atoms. The third-order valence-corrected chi connectivity index (χ3v) is 4.82. The first kappa shape index (κ1) is 16.5. The first-order valence-corrected chi connectivity index (χ1v) is 9.02. The van der Waals surface area contributed by atoms with Crippen LogP contribution in [0.4, 0.5) is 0 Å². The predicted molar refractivity (Wildman–Crippen MR) is 104 cm³/mol. The number of nitrogens with zero attached hydrogens (tertiary/aromatic N) is 1. The number of nitrogens with one attached hydrogen (secondary N) is 1. The molecule has 1 N–H and O–H groups in total. The fourth-order valence-electron chi connectivity index (χ4n) is 3.41. The molecule has 0 aliphatic carbocycles. The molecule has 4 rings (SSSR count). The van der Waals surface area contributed by atoms with E-state index in [9.17, 15) is 4.79 Å². The van der Waals surface area contributed by atoms with Crippen molar-refractivity contribution < 1.29 is 9.53 Å². The summed E-state index contributed by atoms with van der Waals surface area (Å²) >= 11 is 0. The minimum atomic E-state index is 0.148. The van der Waals surface area contributed by atoms with Crippen LogP contribution in [-0.2, 0) is 4.79 Å². The topological polar surface area (TPSA) is 45.3 Å². The van der Waals surface area contributed by atoms with Gasteiger partial charge in [-0.3, -0.25) is 4.79 Å². The Hall–Kier alpha value is -3.01. The maximum atomic E-state index is 12.4. The van der Waals surface area contributed by atoms with Gasteiger partial charge in [-0.15, -0.1) is 0 Å². The summed E-state index contributed by atoms with van der Waals surface area (Å²) in [6, 6.07) is 17.9. The van der Waals surface area contributed by atoms with Crippen molar-refractivity contribution in [2.45, 2.75) is 12.8 Å². The number of H-pyrrole nitrogens is 1. The summed E-state index contributed by atoms with van der Waals surface area (Å²) in [6.07, 6.45) is 5.54. The summed E-state index contributed by atoms with van der Waals surface area (Å²) in [7, 11) is 0. The maximum absolute atomic E-state index is 12.4. The normalized spacial score (nSPS) is 14.3. The van der Waals surface area contributed by atoms with Crippen LogP contribution in [0.25, 0.3) is 16.5 Å². The first-order chi connectivity index (χ1) is 12.8. The number of aromatic amines is 1. The molecule has 0 spiro atoms. The van der Waals surface area contributed by atoms with E-state index in [0.717, 1.165) is 24.2 Å². The molecule has 1 amide bonds. The number of aromatic nitrogens is 1. The molecular formula is C22H22N2O2. The number of carbonyl (C=O) groups excluding carboxylic acids is 1. The zero-order valence-electron chi connectivity index (χ0n) is 14.7. The van der Waals surface area contributed by atoms with Crippen LogP contribution in [0.5, 0.6) is 5.75 Å². The molecular weight excluding hydrogens is 324 g/mol. The van der Waals surface area contributed by atoms with E-state index in [1.54, 1.807) is 0 Å². The highest BCUT2D eigenvalue weighted by Crippen LogP contribution is 2.29. The fraction of sp³-hybridized carbons (Fsp3) is 0.227. The van der Waals surface area contributed by atoms with Gasteiger partial charge >= 0.3 is 0 Å². The lowest BCUT2D eigenvalue weighted by molar-refractivity contribution is -0.131. The van der Waals surface area contributed by atoms with Crippen molar-refractivity contribution in [2.75, 3.05) is 19.7 Å². The summed E-state index contributed by atoms with van der Waals surface area (Å²) in [4.78, 5) is 17.6. The van der Waals surface area contributed by atoms with Gasteiger partial charge in [-0.25, -0.2) is 0 Å². The van der Waals surface area contributed by atoms with Crippen LogP contribution in [0.1, 0.15) is 18.4 Å². The molecule has 1 aromatic heterocycles. The molecule has 0 saturated carbocycles. The number of amides is 1. The van der Waals surface area contributed by atoms with Gasteiger partial charge in [-0.05, 0) is 30.2 Å². The van der Waals surface area contributed by atoms with Crippen LogP contribution in [0.2, 0.25) is 0 Å². The number of fused-ring (bicyclic) bond motifs is 1. The van der Waals surface area contributed by atoms with Crippen molar-refractivity contribution in [1.82, 2.24) is 9.88 Å². The largest absolute Gasteiger partial charge is 0.493 e. The average Bonchev–Trinajstić information content (AvgIpc) is 3.13. The molecule has 26 heavy (non-hydrogen) atoms. The van der Waals surface area contributed by atoms with Crippen molar-refractivity contribution in [3.63, 3.8) is 0 Å². The lowest BCUT2D eigenvalue weighted by Crippen LogP contribution is -2.35. The summed E-state index contributed by atoms with van der Waals surface area (Å²) in [5.41, 5.74) is 3.71. The molecule has 2 heterocycles. The molecule has 0 saturated heterocycles. The molecule has 3 aromatic rings. The van der Waals surface area contributed by atoms with Crippen molar-refractivity contribution >= 4 is 22.4 Å². The standard InChI is InChI=1S/C22H22N2O2/c25-22(12-15-26-18-6-2-1-3-7-18)24-13-10-17(11-14-24)20-16-23-21-9-5-4-8-19(20)21/h1-10,16,23H,11-15H2. The van der Waals surface area contributed by atoms with Gasteiger partial charge in [0.1, 0.15) is 5.75 Å². The van der Waals surface area contributed by atoms with E-state index in [0.29, 0.717) is 19.6 Å². The minimum Gasteiger partial charge on any atom is -0.493 e. The molecule has 0 unspecified atom stereocenters. The maximum Gasteiger partial charge on any atom is 0.226 e. The fourth-order valence-corrected chi connectivity index (χ4v) is 3.41. The summed E-state index contributed by atoms with van der Waals surface area (Å²) in [5, 5.41) is 1.25. The van der Waals surface area contributed by atoms with Crippen molar-refractivity contribution in [3.8, 4) is 5.75 Å². The number of carbonyl (C=O) groups is 1. The van der Waals surface area contributed by atoms with Gasteiger partial charge in [-0.1, -0.05) is 42.5 Å². The second-order valence-electron chi connectivity index (χ2n) is 6.48. The van der Waals surface area contributed by atoms with Crippen LogP contribution in [0, 0.1) is 0 Å². The highest BCUT2D eigenvalue weighted by Gasteiger charge is 2.19. The lowest BCUT2D eigenvalue weighted by Gasteiger charge is -2.26. The zero-order valence-corrected chi connectivity index (χ0v) is 14.7. The Bertz CT molecular complexity index is 927. The molecule has 2 aromatic carbocycles. The van der Waals surface area contributed by atoms with E-state index in [4.69, 9.17) is 4.74 Å². The monoisotopic (exact) mass is 346 g/mol. The molecule has 1 aliphatic heterocycles. The summed E-state index contributed by atoms with van der Waals surface area (Å²) in [6.45, 7) is 1.84. The van der Waals surface area contributed by atoms with Gasteiger partial charge in [0.05, 0.1) is 13.0 Å². The van der Waals surface area contributed by atoms with Gasteiger partial charge in [0, 0.05) is 35.8 Å². The van der Waals surface area contributed by atoms with Crippen LogP contribution in [-0.4, -0.2) is 35.5 Å². The second kappa shape index (κ2) is 7.48. The van der Waals surface area contributed by atoms with Crippen LogP contribution < -0.4 is 4.74 Å². The number of benzene rings is 2. The Kier molecular flexibility index (Phi) is 4.73. The smallest absolute Gasteiger partial charge is 0.226 e. The summed E-state index contributed by atoms with van der Waals surface area (Å²) < 4.78 is 5.63. The van der Waals surface area contributed by atoms with Crippen molar-refractivity contribution in [3.05, 3.63) is 72.4 Å². The molecule has 132 valence electrons. The first-order valence-electron chi connectivity index (χ1n) is 9.02. The predicted octanol–water partition coefficient (Wildman–Crippen LogP) is 4.25. The number of hydrogen-bond donors (Lipinski definition) is 1. The van der Waals surface area contributed by atoms with Gasteiger partial charge in [0.25, 0.3) is 0 Å². The Morgan fingerprint density at radius 1 is 1.08 bits per heavy atom.